The number of benzene rings is 2. The average molecular weight is 421 g/mol. The molecule has 152 valence electrons. The number of nitro benzene ring substituents is 1. The van der Waals surface area contributed by atoms with E-state index < -0.39 is 16.7 Å². The van der Waals surface area contributed by atoms with E-state index in [2.05, 4.69) is 10.5 Å². The fraction of sp³-hybridized carbons (Fsp3) is 0.167. The lowest BCUT2D eigenvalue weighted by Gasteiger charge is -2.13. The highest BCUT2D eigenvalue weighted by molar-refractivity contribution is 6.32. The van der Waals surface area contributed by atoms with Gasteiger partial charge in [0.05, 0.1) is 22.8 Å². The normalized spacial score (nSPS) is 10.6. The summed E-state index contributed by atoms with van der Waals surface area (Å²) in [4.78, 5) is 33.0. The van der Waals surface area contributed by atoms with Crippen molar-refractivity contribution in [3.8, 4) is 11.5 Å². The topological polar surface area (TPSA) is 146 Å². The Morgan fingerprint density at radius 1 is 1.28 bits per heavy atom. The lowest BCUT2D eigenvalue weighted by atomic mass is 10.2. The number of hydrogen-bond donors (Lipinski definition) is 2. The molecule has 11 heteroatoms. The van der Waals surface area contributed by atoms with Gasteiger partial charge >= 0.3 is 0 Å². The summed E-state index contributed by atoms with van der Waals surface area (Å²) in [6.45, 7) is 1.72. The van der Waals surface area contributed by atoms with Crippen molar-refractivity contribution in [3.05, 3.63) is 62.7 Å². The summed E-state index contributed by atoms with van der Waals surface area (Å²) in [5, 5.41) is 14.6. The number of halogens is 1. The zero-order chi connectivity index (χ0) is 21.4. The standard InChI is InChI=1S/C18H17ClN4O6/c1-2-28-15-8-11(7-14(19)17(15)29-10-16(20)24)9-21-22-18(25)12-3-5-13(6-4-12)23(26)27/h3-9H,2,10H2,1H3,(H2,20,24)(H,22,25)/b21-9+. The van der Waals surface area contributed by atoms with E-state index in [0.717, 1.165) is 0 Å². The molecule has 2 aromatic rings. The zero-order valence-corrected chi connectivity index (χ0v) is 16.0. The fourth-order valence-corrected chi connectivity index (χ4v) is 2.45. The number of hydrogen-bond acceptors (Lipinski definition) is 7. The molecule has 0 aliphatic heterocycles. The number of primary amides is 1. The molecule has 0 fully saturated rings. The third-order valence-corrected chi connectivity index (χ3v) is 3.69. The quantitative estimate of drug-likeness (QED) is 0.361. The average Bonchev–Trinajstić information content (AvgIpc) is 2.67. The van der Waals surface area contributed by atoms with Gasteiger partial charge in [-0.25, -0.2) is 5.43 Å². The first-order valence-corrected chi connectivity index (χ1v) is 8.65. The maximum atomic E-state index is 12.0. The molecule has 0 aliphatic carbocycles. The molecule has 0 radical (unpaired) electrons. The van der Waals surface area contributed by atoms with Crippen molar-refractivity contribution in [2.45, 2.75) is 6.92 Å². The minimum absolute atomic E-state index is 0.123. The van der Waals surface area contributed by atoms with Crippen molar-refractivity contribution in [1.29, 1.82) is 0 Å². The van der Waals surface area contributed by atoms with Crippen LogP contribution in [0.15, 0.2) is 41.5 Å². The third kappa shape index (κ3) is 6.18. The Kier molecular flexibility index (Phi) is 7.49. The maximum absolute atomic E-state index is 12.0. The summed E-state index contributed by atoms with van der Waals surface area (Å²) in [5.74, 6) is -0.763. The minimum Gasteiger partial charge on any atom is -0.490 e. The molecule has 2 aromatic carbocycles. The van der Waals surface area contributed by atoms with Gasteiger partial charge in [0.2, 0.25) is 0 Å². The monoisotopic (exact) mass is 420 g/mol. The van der Waals surface area contributed by atoms with E-state index in [9.17, 15) is 19.7 Å². The third-order valence-electron chi connectivity index (χ3n) is 3.41. The number of amides is 2. The molecule has 29 heavy (non-hydrogen) atoms. The van der Waals surface area contributed by atoms with E-state index >= 15 is 0 Å². The van der Waals surface area contributed by atoms with E-state index in [-0.39, 0.29) is 34.4 Å². The van der Waals surface area contributed by atoms with Crippen molar-refractivity contribution < 1.29 is 24.0 Å². The van der Waals surface area contributed by atoms with Crippen LogP contribution in [0.25, 0.3) is 0 Å². The second kappa shape index (κ2) is 10.0. The largest absolute Gasteiger partial charge is 0.490 e. The highest BCUT2D eigenvalue weighted by Gasteiger charge is 2.13. The molecule has 0 aliphatic rings. The molecule has 3 N–H and O–H groups in total. The molecule has 0 bridgehead atoms. The van der Waals surface area contributed by atoms with Gasteiger partial charge in [0, 0.05) is 17.7 Å². The highest BCUT2D eigenvalue weighted by Crippen LogP contribution is 2.36. The van der Waals surface area contributed by atoms with Crippen LogP contribution in [-0.4, -0.2) is 36.2 Å². The Morgan fingerprint density at radius 3 is 2.55 bits per heavy atom. The predicted molar refractivity (Wildman–Crippen MR) is 105 cm³/mol. The minimum atomic E-state index is -0.664. The Hall–Kier alpha value is -3.66. The van der Waals surface area contributed by atoms with Crippen LogP contribution in [0, 0.1) is 10.1 Å². The van der Waals surface area contributed by atoms with Crippen LogP contribution in [0.4, 0.5) is 5.69 Å². The van der Waals surface area contributed by atoms with E-state index in [1.165, 1.54) is 36.5 Å². The molecule has 0 saturated carbocycles. The summed E-state index contributed by atoms with van der Waals surface area (Å²) in [6, 6.07) is 8.14. The molecular formula is C18H17ClN4O6. The second-order valence-corrected chi connectivity index (χ2v) is 5.93. The number of nitrogens with one attached hydrogen (secondary N) is 1. The number of ether oxygens (including phenoxy) is 2. The number of rotatable bonds is 9. The molecule has 0 aromatic heterocycles. The van der Waals surface area contributed by atoms with Gasteiger partial charge in [0.25, 0.3) is 17.5 Å². The number of nitrogens with zero attached hydrogens (tertiary/aromatic N) is 2. The Balaban J connectivity index is 2.11. The van der Waals surface area contributed by atoms with Crippen LogP contribution in [-0.2, 0) is 4.79 Å². The number of nitrogens with two attached hydrogens (primary N) is 1. The summed E-state index contributed by atoms with van der Waals surface area (Å²) >= 11 is 6.17. The first-order chi connectivity index (χ1) is 13.8. The van der Waals surface area contributed by atoms with Crippen LogP contribution in [0.3, 0.4) is 0 Å². The van der Waals surface area contributed by atoms with Gasteiger partial charge < -0.3 is 15.2 Å². The first-order valence-electron chi connectivity index (χ1n) is 8.27. The van der Waals surface area contributed by atoms with Gasteiger partial charge in [-0.15, -0.1) is 0 Å². The van der Waals surface area contributed by atoms with Crippen LogP contribution in [0.2, 0.25) is 5.02 Å². The van der Waals surface area contributed by atoms with Crippen molar-refractivity contribution in [2.75, 3.05) is 13.2 Å². The molecule has 0 atom stereocenters. The smallest absolute Gasteiger partial charge is 0.271 e. The lowest BCUT2D eigenvalue weighted by Crippen LogP contribution is -2.20. The van der Waals surface area contributed by atoms with Crippen molar-refractivity contribution in [1.82, 2.24) is 5.43 Å². The Bertz CT molecular complexity index is 946. The van der Waals surface area contributed by atoms with Gasteiger partial charge in [-0.05, 0) is 36.8 Å². The van der Waals surface area contributed by atoms with E-state index in [4.69, 9.17) is 26.8 Å². The van der Waals surface area contributed by atoms with Gasteiger partial charge in [-0.2, -0.15) is 5.10 Å². The number of hydrazone groups is 1. The SMILES string of the molecule is CCOc1cc(/C=N/NC(=O)c2ccc([N+](=O)[O-])cc2)cc(Cl)c1OCC(N)=O. The predicted octanol–water partition coefficient (Wildman–Crippen LogP) is 2.27. The molecule has 2 amide bonds. The summed E-state index contributed by atoms with van der Waals surface area (Å²) in [7, 11) is 0. The van der Waals surface area contributed by atoms with Crippen LogP contribution < -0.4 is 20.6 Å². The van der Waals surface area contributed by atoms with Gasteiger partial charge in [-0.3, -0.25) is 19.7 Å². The Labute approximate surface area is 170 Å². The maximum Gasteiger partial charge on any atom is 0.271 e. The number of carbonyl (C=O) groups excluding carboxylic acids is 2. The highest BCUT2D eigenvalue weighted by atomic mass is 35.5. The van der Waals surface area contributed by atoms with Gasteiger partial charge in [-0.1, -0.05) is 11.6 Å². The molecule has 0 spiro atoms. The Morgan fingerprint density at radius 2 is 1.97 bits per heavy atom. The zero-order valence-electron chi connectivity index (χ0n) is 15.3. The molecular weight excluding hydrogens is 404 g/mol. The molecule has 2 rings (SSSR count). The summed E-state index contributed by atoms with van der Waals surface area (Å²) in [5.41, 5.74) is 7.95. The number of non-ortho nitro benzene ring substituents is 1. The van der Waals surface area contributed by atoms with Crippen molar-refractivity contribution in [2.24, 2.45) is 10.8 Å². The number of nitro groups is 1. The van der Waals surface area contributed by atoms with E-state index in [1.807, 2.05) is 0 Å². The fourth-order valence-electron chi connectivity index (χ4n) is 2.17. The van der Waals surface area contributed by atoms with E-state index in [1.54, 1.807) is 13.0 Å². The van der Waals surface area contributed by atoms with Gasteiger partial charge in [0.1, 0.15) is 0 Å². The molecule has 10 nitrogen and oxygen atoms in total. The number of carbonyl (C=O) groups is 2. The van der Waals surface area contributed by atoms with Gasteiger partial charge in [0.15, 0.2) is 18.1 Å². The molecule has 0 unspecified atom stereocenters. The van der Waals surface area contributed by atoms with Crippen LogP contribution in [0.1, 0.15) is 22.8 Å². The van der Waals surface area contributed by atoms with Crippen LogP contribution in [0.5, 0.6) is 11.5 Å². The van der Waals surface area contributed by atoms with Crippen molar-refractivity contribution in [3.63, 3.8) is 0 Å². The second-order valence-electron chi connectivity index (χ2n) is 5.52. The summed E-state index contributed by atoms with van der Waals surface area (Å²) in [6.07, 6.45) is 1.33. The first kappa shape index (κ1) is 21.6. The van der Waals surface area contributed by atoms with E-state index in [0.29, 0.717) is 12.2 Å². The van der Waals surface area contributed by atoms with Crippen molar-refractivity contribution >= 4 is 35.3 Å². The molecule has 0 heterocycles. The lowest BCUT2D eigenvalue weighted by molar-refractivity contribution is -0.384. The summed E-state index contributed by atoms with van der Waals surface area (Å²) < 4.78 is 10.7. The van der Waals surface area contributed by atoms with Crippen LogP contribution >= 0.6 is 11.6 Å². The molecule has 0 saturated heterocycles.